The maximum Gasteiger partial charge on any atom is 0.410 e. The van der Waals surface area contributed by atoms with Gasteiger partial charge in [0.05, 0.1) is 12.5 Å². The fourth-order valence-corrected chi connectivity index (χ4v) is 4.02. The van der Waals surface area contributed by atoms with Crippen LogP contribution in [0.25, 0.3) is 11.1 Å². The number of rotatable bonds is 4. The molecule has 0 spiro atoms. The molecule has 1 aliphatic heterocycles. The Bertz CT molecular complexity index is 871. The molecule has 0 radical (unpaired) electrons. The third kappa shape index (κ3) is 4.69. The van der Waals surface area contributed by atoms with E-state index in [1.807, 2.05) is 51.1 Å². The van der Waals surface area contributed by atoms with Crippen molar-refractivity contribution in [3.8, 4) is 11.1 Å². The molecule has 0 bridgehead atoms. The summed E-state index contributed by atoms with van der Waals surface area (Å²) in [5, 5.41) is 0. The normalized spacial score (nSPS) is 17.6. The van der Waals surface area contributed by atoms with E-state index in [-0.39, 0.29) is 18.0 Å². The van der Waals surface area contributed by atoms with E-state index < -0.39 is 5.60 Å². The zero-order valence-corrected chi connectivity index (χ0v) is 18.0. The van der Waals surface area contributed by atoms with Crippen LogP contribution in [0.3, 0.4) is 0 Å². The van der Waals surface area contributed by atoms with Gasteiger partial charge in [0.25, 0.3) is 5.91 Å². The summed E-state index contributed by atoms with van der Waals surface area (Å²) in [7, 11) is 0. The number of hydrogen-bond donors (Lipinski definition) is 0. The fraction of sp³-hybridized carbons (Fsp3) is 0.500. The molecule has 1 aliphatic carbocycles. The third-order valence-corrected chi connectivity index (χ3v) is 5.67. The summed E-state index contributed by atoms with van der Waals surface area (Å²) >= 11 is 0. The Kier molecular flexibility index (Phi) is 5.58. The molecule has 30 heavy (non-hydrogen) atoms. The molecule has 1 saturated carbocycles. The number of carbonyl (C=O) groups excluding carboxylic acids is 2. The predicted octanol–water partition coefficient (Wildman–Crippen LogP) is 4.95. The number of hydrogen-bond acceptors (Lipinski definition) is 4. The molecular formula is C24H30N2O4. The number of benzene rings is 1. The molecular weight excluding hydrogens is 380 g/mol. The van der Waals surface area contributed by atoms with Crippen molar-refractivity contribution in [2.75, 3.05) is 13.1 Å². The summed E-state index contributed by atoms with van der Waals surface area (Å²) in [6.45, 7) is 6.87. The average molecular weight is 411 g/mol. The number of carbonyl (C=O) groups is 2. The SMILES string of the molecule is CC(C)(C)OC(=O)N1CCC(N(C(=O)c2ccc(-c3ccoc3)cc2)C2CC2)CC1. The van der Waals surface area contributed by atoms with Gasteiger partial charge in [0.2, 0.25) is 0 Å². The summed E-state index contributed by atoms with van der Waals surface area (Å²) in [4.78, 5) is 29.5. The first-order valence-electron chi connectivity index (χ1n) is 10.7. The molecule has 2 aliphatic rings. The van der Waals surface area contributed by atoms with E-state index in [9.17, 15) is 9.59 Å². The largest absolute Gasteiger partial charge is 0.472 e. The molecule has 0 unspecified atom stereocenters. The molecule has 2 fully saturated rings. The first-order valence-corrected chi connectivity index (χ1v) is 10.7. The molecule has 6 nitrogen and oxygen atoms in total. The first kappa shape index (κ1) is 20.5. The van der Waals surface area contributed by atoms with Gasteiger partial charge in [-0.2, -0.15) is 0 Å². The lowest BCUT2D eigenvalue weighted by molar-refractivity contribution is 0.0142. The van der Waals surface area contributed by atoms with E-state index in [2.05, 4.69) is 4.90 Å². The molecule has 1 aromatic carbocycles. The van der Waals surface area contributed by atoms with Gasteiger partial charge in [-0.3, -0.25) is 4.79 Å². The van der Waals surface area contributed by atoms with E-state index in [0.717, 1.165) is 36.8 Å². The summed E-state index contributed by atoms with van der Waals surface area (Å²) in [5.41, 5.74) is 2.25. The van der Waals surface area contributed by atoms with Gasteiger partial charge in [-0.25, -0.2) is 4.79 Å². The first-order chi connectivity index (χ1) is 14.3. The number of furan rings is 1. The van der Waals surface area contributed by atoms with Gasteiger partial charge in [-0.15, -0.1) is 0 Å². The number of piperidine rings is 1. The van der Waals surface area contributed by atoms with Gasteiger partial charge in [-0.1, -0.05) is 12.1 Å². The van der Waals surface area contributed by atoms with E-state index in [1.165, 1.54) is 0 Å². The molecule has 4 rings (SSSR count). The molecule has 0 atom stereocenters. The highest BCUT2D eigenvalue weighted by molar-refractivity contribution is 5.95. The van der Waals surface area contributed by atoms with Crippen molar-refractivity contribution < 1.29 is 18.7 Å². The summed E-state index contributed by atoms with van der Waals surface area (Å²) in [6.07, 6.45) is 6.78. The fourth-order valence-electron chi connectivity index (χ4n) is 4.02. The van der Waals surface area contributed by atoms with E-state index in [1.54, 1.807) is 17.4 Å². The Morgan fingerprint density at radius 1 is 0.967 bits per heavy atom. The van der Waals surface area contributed by atoms with Crippen LogP contribution in [-0.2, 0) is 4.74 Å². The minimum Gasteiger partial charge on any atom is -0.472 e. The smallest absolute Gasteiger partial charge is 0.410 e. The second-order valence-electron chi connectivity index (χ2n) is 9.23. The lowest BCUT2D eigenvalue weighted by Gasteiger charge is -2.39. The van der Waals surface area contributed by atoms with Crippen molar-refractivity contribution in [2.24, 2.45) is 0 Å². The van der Waals surface area contributed by atoms with E-state index in [4.69, 9.17) is 9.15 Å². The number of nitrogens with zero attached hydrogens (tertiary/aromatic N) is 2. The minimum atomic E-state index is -0.493. The molecule has 1 saturated heterocycles. The zero-order chi connectivity index (χ0) is 21.3. The van der Waals surface area contributed by atoms with Gasteiger partial charge < -0.3 is 19.0 Å². The Labute approximate surface area is 177 Å². The van der Waals surface area contributed by atoms with Crippen LogP contribution in [0.1, 0.15) is 56.8 Å². The predicted molar refractivity (Wildman–Crippen MR) is 114 cm³/mol. The minimum absolute atomic E-state index is 0.0898. The van der Waals surface area contributed by atoms with E-state index >= 15 is 0 Å². The molecule has 6 heteroatoms. The molecule has 2 aromatic rings. The Hall–Kier alpha value is -2.76. The van der Waals surface area contributed by atoms with Gasteiger partial charge in [0, 0.05) is 36.3 Å². The van der Waals surface area contributed by atoms with Crippen LogP contribution in [-0.4, -0.2) is 52.6 Å². The van der Waals surface area contributed by atoms with Gasteiger partial charge >= 0.3 is 6.09 Å². The second-order valence-corrected chi connectivity index (χ2v) is 9.23. The van der Waals surface area contributed by atoms with Crippen molar-refractivity contribution in [2.45, 2.75) is 64.1 Å². The average Bonchev–Trinajstić information content (AvgIpc) is 3.39. The Balaban J connectivity index is 1.41. The van der Waals surface area contributed by atoms with Crippen molar-refractivity contribution in [3.63, 3.8) is 0 Å². The van der Waals surface area contributed by atoms with Gasteiger partial charge in [-0.05, 0) is 70.2 Å². The van der Waals surface area contributed by atoms with Crippen molar-refractivity contribution in [1.82, 2.24) is 9.80 Å². The zero-order valence-electron chi connectivity index (χ0n) is 18.0. The highest BCUT2D eigenvalue weighted by Gasteiger charge is 2.39. The highest BCUT2D eigenvalue weighted by atomic mass is 16.6. The summed E-state index contributed by atoms with van der Waals surface area (Å²) in [6, 6.07) is 10.1. The molecule has 2 amide bonds. The van der Waals surface area contributed by atoms with Gasteiger partial charge in [0.1, 0.15) is 5.60 Å². The molecule has 0 N–H and O–H groups in total. The van der Waals surface area contributed by atoms with Crippen molar-refractivity contribution >= 4 is 12.0 Å². The van der Waals surface area contributed by atoms with Crippen molar-refractivity contribution in [3.05, 3.63) is 48.4 Å². The van der Waals surface area contributed by atoms with Gasteiger partial charge in [0.15, 0.2) is 0 Å². The highest BCUT2D eigenvalue weighted by Crippen LogP contribution is 2.34. The lowest BCUT2D eigenvalue weighted by Crippen LogP contribution is -2.50. The molecule has 2 heterocycles. The topological polar surface area (TPSA) is 63.0 Å². The van der Waals surface area contributed by atoms with Crippen molar-refractivity contribution in [1.29, 1.82) is 0 Å². The third-order valence-electron chi connectivity index (χ3n) is 5.67. The monoisotopic (exact) mass is 410 g/mol. The standard InChI is InChI=1S/C24H30N2O4/c1-24(2,3)30-23(28)25-13-10-21(11-14-25)26(20-8-9-20)22(27)18-6-4-17(5-7-18)19-12-15-29-16-19/h4-7,12,15-16,20-21H,8-11,13-14H2,1-3H3. The van der Waals surface area contributed by atoms with Crippen LogP contribution in [0.2, 0.25) is 0 Å². The van der Waals surface area contributed by atoms with Crippen LogP contribution in [0.5, 0.6) is 0 Å². The number of amides is 2. The van der Waals surface area contributed by atoms with Crippen LogP contribution in [0, 0.1) is 0 Å². The summed E-state index contributed by atoms with van der Waals surface area (Å²) < 4.78 is 10.6. The summed E-state index contributed by atoms with van der Waals surface area (Å²) in [5.74, 6) is 0.0898. The number of likely N-dealkylation sites (tertiary alicyclic amines) is 1. The number of ether oxygens (including phenoxy) is 1. The van der Waals surface area contributed by atoms with Crippen LogP contribution < -0.4 is 0 Å². The van der Waals surface area contributed by atoms with Crippen LogP contribution in [0.4, 0.5) is 4.79 Å². The Morgan fingerprint density at radius 3 is 2.13 bits per heavy atom. The molecule has 160 valence electrons. The lowest BCUT2D eigenvalue weighted by atomic mass is 10.0. The maximum atomic E-state index is 13.3. The second kappa shape index (κ2) is 8.17. The van der Waals surface area contributed by atoms with Crippen LogP contribution >= 0.6 is 0 Å². The van der Waals surface area contributed by atoms with Crippen LogP contribution in [0.15, 0.2) is 47.3 Å². The maximum absolute atomic E-state index is 13.3. The quantitative estimate of drug-likeness (QED) is 0.715. The molecule has 1 aromatic heterocycles. The Morgan fingerprint density at radius 2 is 1.60 bits per heavy atom. The van der Waals surface area contributed by atoms with E-state index in [0.29, 0.717) is 24.7 Å².